The number of allylic oxidation sites excluding steroid dienone is 2. The molecule has 5 nitrogen and oxygen atoms in total. The first-order valence-corrected chi connectivity index (χ1v) is 16.8. The summed E-state index contributed by atoms with van der Waals surface area (Å²) >= 11 is 3.66. The number of amides is 1. The SMILES string of the molecule is CC(C)=CCCC(C)CC(O)C(Br)=C[C@H]1[C@@H]2CC(CCOCC(=O)N(Cc3ccccc3)c3ccccc3)C[C@H]2C[C@@H]1O. The second-order valence-electron chi connectivity index (χ2n) is 13.1. The van der Waals surface area contributed by atoms with E-state index in [1.807, 2.05) is 60.7 Å². The Morgan fingerprint density at radius 2 is 1.77 bits per heavy atom. The summed E-state index contributed by atoms with van der Waals surface area (Å²) < 4.78 is 6.76. The number of aliphatic hydroxyl groups is 2. The number of halogens is 1. The van der Waals surface area contributed by atoms with Gasteiger partial charge in [-0.3, -0.25) is 4.79 Å². The van der Waals surface area contributed by atoms with Crippen molar-refractivity contribution in [2.75, 3.05) is 18.1 Å². The molecule has 6 heteroatoms. The van der Waals surface area contributed by atoms with E-state index in [-0.39, 0.29) is 24.5 Å². The monoisotopic (exact) mass is 651 g/mol. The molecule has 43 heavy (non-hydrogen) atoms. The summed E-state index contributed by atoms with van der Waals surface area (Å²) in [6.45, 7) is 7.56. The Balaban J connectivity index is 1.24. The van der Waals surface area contributed by atoms with E-state index in [2.05, 4.69) is 48.9 Å². The van der Waals surface area contributed by atoms with Crippen LogP contribution in [-0.2, 0) is 16.1 Å². The molecule has 0 aromatic heterocycles. The molecule has 7 atom stereocenters. The van der Waals surface area contributed by atoms with Crippen molar-refractivity contribution in [3.63, 3.8) is 0 Å². The highest BCUT2D eigenvalue weighted by atomic mass is 79.9. The number of fused-ring (bicyclic) bond motifs is 1. The fourth-order valence-electron chi connectivity index (χ4n) is 6.99. The van der Waals surface area contributed by atoms with E-state index in [0.717, 1.165) is 60.7 Å². The third-order valence-electron chi connectivity index (χ3n) is 9.29. The van der Waals surface area contributed by atoms with Crippen LogP contribution in [0.15, 0.2) is 82.9 Å². The Kier molecular flexibility index (Phi) is 13.1. The Bertz CT molecular complexity index is 1200. The molecule has 2 N–H and O–H groups in total. The molecule has 2 saturated carbocycles. The summed E-state index contributed by atoms with van der Waals surface area (Å²) in [4.78, 5) is 15.0. The fraction of sp³-hybridized carbons (Fsp3) is 0.541. The van der Waals surface area contributed by atoms with Crippen molar-refractivity contribution in [1.82, 2.24) is 0 Å². The van der Waals surface area contributed by atoms with Gasteiger partial charge in [0.1, 0.15) is 6.61 Å². The molecule has 0 heterocycles. The number of anilines is 1. The third-order valence-corrected chi connectivity index (χ3v) is 10.1. The number of nitrogens with zero attached hydrogens (tertiary/aromatic N) is 1. The largest absolute Gasteiger partial charge is 0.392 e. The lowest BCUT2D eigenvalue weighted by Crippen LogP contribution is -2.33. The van der Waals surface area contributed by atoms with Crippen molar-refractivity contribution in [2.45, 2.75) is 84.5 Å². The molecule has 2 aliphatic carbocycles. The van der Waals surface area contributed by atoms with Crippen molar-refractivity contribution in [2.24, 2.45) is 29.6 Å². The van der Waals surface area contributed by atoms with Gasteiger partial charge < -0.3 is 19.8 Å². The summed E-state index contributed by atoms with van der Waals surface area (Å²) in [7, 11) is 0. The first kappa shape index (κ1) is 33.6. The average Bonchev–Trinajstić information content (AvgIpc) is 3.51. The minimum absolute atomic E-state index is 0.0404. The predicted molar refractivity (Wildman–Crippen MR) is 179 cm³/mol. The zero-order valence-corrected chi connectivity index (χ0v) is 27.7. The molecule has 4 rings (SSSR count). The molecule has 1 amide bonds. The van der Waals surface area contributed by atoms with Crippen LogP contribution in [0.25, 0.3) is 0 Å². The van der Waals surface area contributed by atoms with Crippen molar-refractivity contribution in [3.05, 3.63) is 88.4 Å². The van der Waals surface area contributed by atoms with Gasteiger partial charge in [-0.05, 0) is 100 Å². The molecular formula is C37H50BrNO4. The first-order valence-electron chi connectivity index (χ1n) is 16.0. The number of benzene rings is 2. The quantitative estimate of drug-likeness (QED) is 0.151. The van der Waals surface area contributed by atoms with Crippen LogP contribution >= 0.6 is 15.9 Å². The third kappa shape index (κ3) is 10.1. The molecule has 0 aliphatic heterocycles. The topological polar surface area (TPSA) is 70.0 Å². The molecule has 2 fully saturated rings. The van der Waals surface area contributed by atoms with Gasteiger partial charge in [-0.15, -0.1) is 0 Å². The standard InChI is InChI=1S/C37H50BrNO4/c1-26(2)11-10-12-27(3)19-36(41)34(38)23-33-32-21-29(20-30(32)22-35(33)40)17-18-43-25-37(42)39(31-15-8-5-9-16-31)24-28-13-6-4-7-14-28/h4-9,11,13-16,23,27,29-30,32-33,35-36,40-41H,10,12,17-22,24-25H2,1-3H3/t27?,29?,30-,32+,33-,35-,36?/m0/s1. The van der Waals surface area contributed by atoms with E-state index in [0.29, 0.717) is 36.8 Å². The van der Waals surface area contributed by atoms with Crippen LogP contribution in [0.1, 0.15) is 71.3 Å². The van der Waals surface area contributed by atoms with E-state index < -0.39 is 6.10 Å². The van der Waals surface area contributed by atoms with Gasteiger partial charge in [-0.1, -0.05) is 89.1 Å². The van der Waals surface area contributed by atoms with Crippen molar-refractivity contribution in [3.8, 4) is 0 Å². The predicted octanol–water partition coefficient (Wildman–Crippen LogP) is 8.06. The molecule has 0 spiro atoms. The van der Waals surface area contributed by atoms with E-state index >= 15 is 0 Å². The molecule has 234 valence electrons. The lowest BCUT2D eigenvalue weighted by Gasteiger charge is -2.23. The summed E-state index contributed by atoms with van der Waals surface area (Å²) in [5.41, 5.74) is 3.29. The Morgan fingerprint density at radius 3 is 2.47 bits per heavy atom. The van der Waals surface area contributed by atoms with Crippen LogP contribution < -0.4 is 4.90 Å². The molecule has 0 saturated heterocycles. The van der Waals surface area contributed by atoms with E-state index in [4.69, 9.17) is 4.74 Å². The Hall–Kier alpha value is -2.25. The molecule has 3 unspecified atom stereocenters. The van der Waals surface area contributed by atoms with Crippen LogP contribution in [0.3, 0.4) is 0 Å². The van der Waals surface area contributed by atoms with Crippen LogP contribution in [0.2, 0.25) is 0 Å². The zero-order chi connectivity index (χ0) is 30.8. The number of carbonyl (C=O) groups excluding carboxylic acids is 1. The average molecular weight is 653 g/mol. The summed E-state index contributed by atoms with van der Waals surface area (Å²) in [5.74, 6) is 1.91. The van der Waals surface area contributed by atoms with Crippen LogP contribution in [0.4, 0.5) is 5.69 Å². The lowest BCUT2D eigenvalue weighted by molar-refractivity contribution is -0.123. The van der Waals surface area contributed by atoms with E-state index in [1.165, 1.54) is 5.57 Å². The fourth-order valence-corrected chi connectivity index (χ4v) is 7.48. The molecule has 2 aromatic rings. The number of hydrogen-bond acceptors (Lipinski definition) is 4. The normalized spacial score (nSPS) is 24.8. The van der Waals surface area contributed by atoms with Gasteiger partial charge in [-0.25, -0.2) is 0 Å². The minimum Gasteiger partial charge on any atom is -0.392 e. The second kappa shape index (κ2) is 16.7. The van der Waals surface area contributed by atoms with Crippen molar-refractivity contribution >= 4 is 27.5 Å². The van der Waals surface area contributed by atoms with Gasteiger partial charge >= 0.3 is 0 Å². The summed E-state index contributed by atoms with van der Waals surface area (Å²) in [6.07, 6.45) is 10.2. The summed E-state index contributed by atoms with van der Waals surface area (Å²) in [6, 6.07) is 19.8. The molecule has 0 radical (unpaired) electrons. The summed E-state index contributed by atoms with van der Waals surface area (Å²) in [5, 5.41) is 21.7. The zero-order valence-electron chi connectivity index (χ0n) is 26.1. The van der Waals surface area contributed by atoms with Crippen LogP contribution in [-0.4, -0.2) is 41.5 Å². The number of ether oxygens (including phenoxy) is 1. The maximum atomic E-state index is 13.2. The van der Waals surface area contributed by atoms with Gasteiger partial charge in [-0.2, -0.15) is 0 Å². The molecule has 0 bridgehead atoms. The van der Waals surface area contributed by atoms with E-state index in [1.54, 1.807) is 4.90 Å². The van der Waals surface area contributed by atoms with Crippen LogP contribution in [0.5, 0.6) is 0 Å². The Morgan fingerprint density at radius 1 is 1.07 bits per heavy atom. The highest BCUT2D eigenvalue weighted by molar-refractivity contribution is 9.11. The number of carbonyl (C=O) groups is 1. The van der Waals surface area contributed by atoms with Crippen LogP contribution in [0, 0.1) is 29.6 Å². The van der Waals surface area contributed by atoms with Crippen molar-refractivity contribution < 1.29 is 19.7 Å². The lowest BCUT2D eigenvalue weighted by atomic mass is 9.89. The van der Waals surface area contributed by atoms with Gasteiger partial charge in [0.15, 0.2) is 0 Å². The number of rotatable bonds is 15. The van der Waals surface area contributed by atoms with Gasteiger partial charge in [0.25, 0.3) is 5.91 Å². The molecule has 2 aliphatic rings. The second-order valence-corrected chi connectivity index (χ2v) is 14.0. The maximum Gasteiger partial charge on any atom is 0.253 e. The molecule has 2 aromatic carbocycles. The smallest absolute Gasteiger partial charge is 0.253 e. The minimum atomic E-state index is -0.534. The van der Waals surface area contributed by atoms with Gasteiger partial charge in [0.05, 0.1) is 18.8 Å². The number of para-hydroxylation sites is 1. The maximum absolute atomic E-state index is 13.2. The van der Waals surface area contributed by atoms with Crippen molar-refractivity contribution in [1.29, 1.82) is 0 Å². The Labute approximate surface area is 267 Å². The highest BCUT2D eigenvalue weighted by Gasteiger charge is 2.47. The number of hydrogen-bond donors (Lipinski definition) is 2. The van der Waals surface area contributed by atoms with E-state index in [9.17, 15) is 15.0 Å². The first-order chi connectivity index (χ1) is 20.7. The highest BCUT2D eigenvalue weighted by Crippen LogP contribution is 2.52. The number of aliphatic hydroxyl groups excluding tert-OH is 2. The molecular weight excluding hydrogens is 602 g/mol. The van der Waals surface area contributed by atoms with Gasteiger partial charge in [0, 0.05) is 22.7 Å². The van der Waals surface area contributed by atoms with Gasteiger partial charge in [0.2, 0.25) is 0 Å².